The molecule has 1 amide bonds. The maximum absolute atomic E-state index is 11.0. The summed E-state index contributed by atoms with van der Waals surface area (Å²) in [7, 11) is 0. The van der Waals surface area contributed by atoms with Gasteiger partial charge in [0.2, 0.25) is 5.91 Å². The normalized spacial score (nSPS) is 8.94. The number of carboxylic acids is 1. The highest BCUT2D eigenvalue weighted by Crippen LogP contribution is 1.96. The maximum Gasteiger partial charge on any atom is 0.332 e. The van der Waals surface area contributed by atoms with Crippen molar-refractivity contribution in [2.45, 2.75) is 26.2 Å². The number of rotatable bonds is 5. The summed E-state index contributed by atoms with van der Waals surface area (Å²) in [6.07, 6.45) is 4.64. The molecule has 0 aromatic carbocycles. The predicted molar refractivity (Wildman–Crippen MR) is 60.2 cm³/mol. The zero-order valence-electron chi connectivity index (χ0n) is 9.91. The molecule has 0 atom stereocenters. The van der Waals surface area contributed by atoms with Crippen LogP contribution in [0.1, 0.15) is 26.2 Å². The van der Waals surface area contributed by atoms with Crippen LogP contribution < -0.4 is 10.6 Å². The third-order valence-corrected chi connectivity index (χ3v) is 1.46. The largest absolute Gasteiger partial charge is 0.481 e. The summed E-state index contributed by atoms with van der Waals surface area (Å²) in [4.78, 5) is 38.8. The Morgan fingerprint density at radius 3 is 2.44 bits per heavy atom. The summed E-state index contributed by atoms with van der Waals surface area (Å²) in [5.74, 6) is -1.72. The summed E-state index contributed by atoms with van der Waals surface area (Å²) in [5.41, 5.74) is 4.47. The monoisotopic (exact) mass is 257 g/mol. The molecule has 0 aliphatic rings. The molecule has 0 aliphatic heterocycles. The highest BCUT2D eigenvalue weighted by atomic mass is 16.7. The number of amides is 1. The van der Waals surface area contributed by atoms with Gasteiger partial charge >= 0.3 is 11.9 Å². The van der Waals surface area contributed by atoms with Crippen molar-refractivity contribution in [2.24, 2.45) is 5.73 Å². The molecule has 1 aromatic rings. The highest BCUT2D eigenvalue weighted by Gasteiger charge is 2.05. The molecule has 0 aliphatic carbocycles. The van der Waals surface area contributed by atoms with Crippen LogP contribution in [-0.2, 0) is 14.4 Å². The number of carbonyl (C=O) groups excluding carboxylic acids is 2. The van der Waals surface area contributed by atoms with Gasteiger partial charge in [-0.2, -0.15) is 4.73 Å². The summed E-state index contributed by atoms with van der Waals surface area (Å²) in [6, 6.07) is 0. The van der Waals surface area contributed by atoms with Crippen molar-refractivity contribution in [3.8, 4) is 0 Å². The molecule has 8 nitrogen and oxygen atoms in total. The Balaban J connectivity index is 0.000000631. The third-order valence-electron chi connectivity index (χ3n) is 1.46. The molecule has 1 aromatic heterocycles. The van der Waals surface area contributed by atoms with Crippen LogP contribution in [0.4, 0.5) is 0 Å². The minimum Gasteiger partial charge on any atom is -0.481 e. The van der Waals surface area contributed by atoms with Crippen molar-refractivity contribution in [1.29, 1.82) is 0 Å². The second kappa shape index (κ2) is 8.74. The van der Waals surface area contributed by atoms with Crippen LogP contribution in [0.2, 0.25) is 0 Å². The predicted octanol–water partition coefficient (Wildman–Crippen LogP) is -0.415. The Morgan fingerprint density at radius 1 is 1.39 bits per heavy atom. The Labute approximate surface area is 103 Å². The molecular weight excluding hydrogens is 242 g/mol. The van der Waals surface area contributed by atoms with E-state index in [0.29, 0.717) is 0 Å². The van der Waals surface area contributed by atoms with Crippen molar-refractivity contribution in [1.82, 2.24) is 9.71 Å². The first kappa shape index (κ1) is 15.6. The minimum absolute atomic E-state index is 0.0287. The molecule has 100 valence electrons. The molecule has 0 saturated heterocycles. The molecule has 0 radical (unpaired) electrons. The molecule has 8 heteroatoms. The summed E-state index contributed by atoms with van der Waals surface area (Å²) in [5, 5.41) is 8.32. The lowest BCUT2D eigenvalue weighted by molar-refractivity contribution is -0.144. The number of nitrogens with two attached hydrogens (primary N) is 1. The summed E-state index contributed by atoms with van der Waals surface area (Å²) < 4.78 is 1.17. The second-order valence-corrected chi connectivity index (χ2v) is 3.24. The average Bonchev–Trinajstić information content (AvgIpc) is 2.68. The van der Waals surface area contributed by atoms with E-state index in [-0.39, 0.29) is 25.2 Å². The number of hydrogen-bond donors (Lipinski definition) is 2. The SMILES string of the molecule is CC(N)=O.O=C(O)CCCC(=O)On1ccnc1. The van der Waals surface area contributed by atoms with E-state index in [4.69, 9.17) is 9.94 Å². The molecule has 1 heterocycles. The quantitative estimate of drug-likeness (QED) is 0.738. The number of aromatic nitrogens is 2. The van der Waals surface area contributed by atoms with Gasteiger partial charge in [0.05, 0.1) is 6.20 Å². The van der Waals surface area contributed by atoms with Gasteiger partial charge in [-0.3, -0.25) is 9.59 Å². The van der Waals surface area contributed by atoms with Gasteiger partial charge in [-0.1, -0.05) is 0 Å². The fourth-order valence-corrected chi connectivity index (χ4v) is 0.848. The highest BCUT2D eigenvalue weighted by molar-refractivity contribution is 5.71. The minimum atomic E-state index is -0.916. The third kappa shape index (κ3) is 10.1. The van der Waals surface area contributed by atoms with Crippen molar-refractivity contribution in [3.05, 3.63) is 18.7 Å². The molecule has 18 heavy (non-hydrogen) atoms. The fourth-order valence-electron chi connectivity index (χ4n) is 0.848. The Bertz CT molecular complexity index is 384. The van der Waals surface area contributed by atoms with E-state index in [1.54, 1.807) is 0 Å². The Hall–Kier alpha value is -2.38. The van der Waals surface area contributed by atoms with Gasteiger partial charge in [-0.05, 0) is 6.42 Å². The molecule has 0 spiro atoms. The van der Waals surface area contributed by atoms with Gasteiger partial charge in [-0.15, -0.1) is 0 Å². The number of imidazole rings is 1. The van der Waals surface area contributed by atoms with Gasteiger partial charge in [0.15, 0.2) is 0 Å². The van der Waals surface area contributed by atoms with Crippen LogP contribution >= 0.6 is 0 Å². The van der Waals surface area contributed by atoms with Gasteiger partial charge in [0.1, 0.15) is 6.33 Å². The van der Waals surface area contributed by atoms with Crippen molar-refractivity contribution >= 4 is 17.8 Å². The van der Waals surface area contributed by atoms with E-state index in [0.717, 1.165) is 0 Å². The van der Waals surface area contributed by atoms with Gasteiger partial charge in [0.25, 0.3) is 0 Å². The van der Waals surface area contributed by atoms with Crippen LogP contribution in [0.5, 0.6) is 0 Å². The van der Waals surface area contributed by atoms with Gasteiger partial charge < -0.3 is 15.7 Å². The average molecular weight is 257 g/mol. The maximum atomic E-state index is 11.0. The van der Waals surface area contributed by atoms with E-state index in [1.165, 1.54) is 30.4 Å². The smallest absolute Gasteiger partial charge is 0.332 e. The van der Waals surface area contributed by atoms with E-state index in [9.17, 15) is 14.4 Å². The zero-order valence-corrected chi connectivity index (χ0v) is 9.91. The Kier molecular flexibility index (Phi) is 7.58. The van der Waals surface area contributed by atoms with Crippen molar-refractivity contribution in [2.75, 3.05) is 0 Å². The first-order valence-electron chi connectivity index (χ1n) is 5.08. The van der Waals surface area contributed by atoms with Crippen molar-refractivity contribution < 1.29 is 24.3 Å². The second-order valence-electron chi connectivity index (χ2n) is 3.24. The van der Waals surface area contributed by atoms with Crippen LogP contribution in [0.25, 0.3) is 0 Å². The first-order valence-corrected chi connectivity index (χ1v) is 5.08. The van der Waals surface area contributed by atoms with Gasteiger partial charge in [-0.25, -0.2) is 9.78 Å². The molecular formula is C10H15N3O5. The lowest BCUT2D eigenvalue weighted by Crippen LogP contribution is -2.18. The summed E-state index contributed by atoms with van der Waals surface area (Å²) >= 11 is 0. The number of primary amides is 1. The van der Waals surface area contributed by atoms with E-state index < -0.39 is 11.9 Å². The standard InChI is InChI=1S/C8H10N2O4.C2H5NO/c11-7(12)2-1-3-8(13)14-10-5-4-9-6-10;1-2(3)4/h4-6H,1-3H2,(H,11,12);1H3,(H2,3,4). The van der Waals surface area contributed by atoms with Crippen molar-refractivity contribution in [3.63, 3.8) is 0 Å². The van der Waals surface area contributed by atoms with E-state index >= 15 is 0 Å². The number of hydrogen-bond acceptors (Lipinski definition) is 5. The Morgan fingerprint density at radius 2 is 2.00 bits per heavy atom. The van der Waals surface area contributed by atoms with Crippen LogP contribution in [0.15, 0.2) is 18.7 Å². The molecule has 3 N–H and O–H groups in total. The number of carbonyl (C=O) groups is 3. The zero-order chi connectivity index (χ0) is 14.0. The molecule has 0 unspecified atom stereocenters. The van der Waals surface area contributed by atoms with Gasteiger partial charge in [0, 0.05) is 26.0 Å². The topological polar surface area (TPSA) is 125 Å². The van der Waals surface area contributed by atoms with E-state index in [2.05, 4.69) is 10.7 Å². The van der Waals surface area contributed by atoms with E-state index in [1.807, 2.05) is 0 Å². The molecule has 0 fully saturated rings. The lowest BCUT2D eigenvalue weighted by Gasteiger charge is -2.01. The summed E-state index contributed by atoms with van der Waals surface area (Å²) in [6.45, 7) is 1.31. The fraction of sp³-hybridized carbons (Fsp3) is 0.400. The molecule has 1 rings (SSSR count). The van der Waals surface area contributed by atoms with Crippen LogP contribution in [0.3, 0.4) is 0 Å². The molecule has 0 saturated carbocycles. The lowest BCUT2D eigenvalue weighted by atomic mass is 10.2. The molecule has 0 bridgehead atoms. The van der Waals surface area contributed by atoms with Crippen LogP contribution in [-0.4, -0.2) is 32.7 Å². The number of nitrogens with zero attached hydrogens (tertiary/aromatic N) is 2. The number of aliphatic carboxylic acids is 1. The van der Waals surface area contributed by atoms with Crippen LogP contribution in [0, 0.1) is 0 Å². The number of carboxylic acid groups (broad SMARTS) is 1. The first-order chi connectivity index (χ1) is 8.41.